The van der Waals surface area contributed by atoms with E-state index in [-0.39, 0.29) is 6.04 Å². The molecular formula is C17H22BrNO. The number of hydrogen-bond donors (Lipinski definition) is 1. The van der Waals surface area contributed by atoms with Gasteiger partial charge in [-0.15, -0.1) is 6.58 Å². The summed E-state index contributed by atoms with van der Waals surface area (Å²) in [6.07, 6.45) is 7.89. The highest BCUT2D eigenvalue weighted by Crippen LogP contribution is 2.31. The summed E-state index contributed by atoms with van der Waals surface area (Å²) in [6.45, 7) is 3.76. The molecule has 1 heterocycles. The smallest absolute Gasteiger partial charge is 0.148 e. The lowest BCUT2D eigenvalue weighted by Gasteiger charge is -2.13. The summed E-state index contributed by atoms with van der Waals surface area (Å²) in [5.74, 6) is 1.03. The Morgan fingerprint density at radius 3 is 2.90 bits per heavy atom. The number of allylic oxidation sites excluding steroid dienone is 1. The van der Waals surface area contributed by atoms with E-state index in [9.17, 15) is 0 Å². The van der Waals surface area contributed by atoms with Crippen molar-refractivity contribution in [2.24, 2.45) is 0 Å². The summed E-state index contributed by atoms with van der Waals surface area (Å²) in [6, 6.07) is 8.57. The molecule has 0 fully saturated rings. The Kier molecular flexibility index (Phi) is 5.86. The minimum atomic E-state index is 0.290. The second-order valence-electron chi connectivity index (χ2n) is 5.07. The number of unbranched alkanes of at least 4 members (excludes halogenated alkanes) is 3. The zero-order valence-corrected chi connectivity index (χ0v) is 13.6. The van der Waals surface area contributed by atoms with Gasteiger partial charge in [-0.25, -0.2) is 0 Å². The molecule has 1 atom stereocenters. The SMILES string of the molecule is C=CCCCCCC(NC)c1cc2cccc(Br)c2o1. The normalized spacial score (nSPS) is 12.7. The number of furan rings is 1. The van der Waals surface area contributed by atoms with Gasteiger partial charge in [0.05, 0.1) is 10.5 Å². The average molecular weight is 336 g/mol. The van der Waals surface area contributed by atoms with Crippen molar-refractivity contribution in [2.45, 2.75) is 38.1 Å². The second kappa shape index (κ2) is 7.65. The third-order valence-electron chi connectivity index (χ3n) is 3.61. The first-order valence-corrected chi connectivity index (χ1v) is 8.01. The van der Waals surface area contributed by atoms with Gasteiger partial charge in [0.2, 0.25) is 0 Å². The maximum absolute atomic E-state index is 6.00. The number of nitrogens with one attached hydrogen (secondary N) is 1. The Balaban J connectivity index is 2.02. The molecule has 3 heteroatoms. The maximum Gasteiger partial charge on any atom is 0.148 e. The van der Waals surface area contributed by atoms with Gasteiger partial charge in [0, 0.05) is 5.39 Å². The number of rotatable bonds is 8. The van der Waals surface area contributed by atoms with Crippen molar-refractivity contribution in [3.63, 3.8) is 0 Å². The fourth-order valence-corrected chi connectivity index (χ4v) is 2.92. The quantitative estimate of drug-likeness (QED) is 0.502. The molecule has 0 aliphatic rings. The molecule has 1 unspecified atom stereocenters. The van der Waals surface area contributed by atoms with Gasteiger partial charge in [-0.2, -0.15) is 0 Å². The second-order valence-corrected chi connectivity index (χ2v) is 5.93. The van der Waals surface area contributed by atoms with Crippen molar-refractivity contribution >= 4 is 26.9 Å². The standard InChI is InChI=1S/C17H22BrNO/c1-3-4-5-6-7-11-15(19-2)16-12-13-9-8-10-14(18)17(13)20-16/h3,8-10,12,15,19H,1,4-7,11H2,2H3. The van der Waals surface area contributed by atoms with E-state index < -0.39 is 0 Å². The third-order valence-corrected chi connectivity index (χ3v) is 4.23. The van der Waals surface area contributed by atoms with E-state index in [0.717, 1.165) is 34.0 Å². The molecule has 0 bridgehead atoms. The molecule has 0 amide bonds. The number of fused-ring (bicyclic) bond motifs is 1. The Morgan fingerprint density at radius 2 is 2.20 bits per heavy atom. The molecule has 0 aliphatic carbocycles. The van der Waals surface area contributed by atoms with E-state index in [4.69, 9.17) is 4.42 Å². The zero-order chi connectivity index (χ0) is 14.4. The molecule has 108 valence electrons. The van der Waals surface area contributed by atoms with Crippen molar-refractivity contribution in [3.05, 3.63) is 47.2 Å². The molecule has 20 heavy (non-hydrogen) atoms. The predicted octanol–water partition coefficient (Wildman–Crippen LogP) is 5.59. The molecule has 2 rings (SSSR count). The molecule has 1 aromatic carbocycles. The number of benzene rings is 1. The van der Waals surface area contributed by atoms with Crippen LogP contribution in [0.5, 0.6) is 0 Å². The van der Waals surface area contributed by atoms with Crippen LogP contribution in [0, 0.1) is 0 Å². The molecule has 2 aromatic rings. The number of hydrogen-bond acceptors (Lipinski definition) is 2. The first kappa shape index (κ1) is 15.3. The van der Waals surface area contributed by atoms with Gasteiger partial charge in [-0.05, 0) is 54.4 Å². The molecule has 0 saturated heterocycles. The monoisotopic (exact) mass is 335 g/mol. The fraction of sp³-hybridized carbons (Fsp3) is 0.412. The Labute approximate surface area is 129 Å². The largest absolute Gasteiger partial charge is 0.458 e. The maximum atomic E-state index is 6.00. The lowest BCUT2D eigenvalue weighted by atomic mass is 10.0. The number of para-hydroxylation sites is 1. The van der Waals surface area contributed by atoms with Crippen LogP contribution in [-0.4, -0.2) is 7.05 Å². The van der Waals surface area contributed by atoms with Gasteiger partial charge in [0.1, 0.15) is 11.3 Å². The summed E-state index contributed by atoms with van der Waals surface area (Å²) in [4.78, 5) is 0. The molecule has 2 nitrogen and oxygen atoms in total. The van der Waals surface area contributed by atoms with Gasteiger partial charge >= 0.3 is 0 Å². The van der Waals surface area contributed by atoms with Crippen molar-refractivity contribution in [3.8, 4) is 0 Å². The van der Waals surface area contributed by atoms with Crippen LogP contribution in [0.15, 0.2) is 45.8 Å². The molecular weight excluding hydrogens is 314 g/mol. The first-order valence-electron chi connectivity index (χ1n) is 7.22. The van der Waals surface area contributed by atoms with E-state index in [1.807, 2.05) is 25.3 Å². The predicted molar refractivity (Wildman–Crippen MR) is 89.0 cm³/mol. The highest BCUT2D eigenvalue weighted by atomic mass is 79.9. The summed E-state index contributed by atoms with van der Waals surface area (Å²) < 4.78 is 7.02. The number of halogens is 1. The van der Waals surface area contributed by atoms with Crippen LogP contribution in [-0.2, 0) is 0 Å². The molecule has 0 radical (unpaired) electrons. The van der Waals surface area contributed by atoms with E-state index >= 15 is 0 Å². The Morgan fingerprint density at radius 1 is 1.35 bits per heavy atom. The van der Waals surface area contributed by atoms with Gasteiger partial charge in [0.15, 0.2) is 0 Å². The van der Waals surface area contributed by atoms with Crippen molar-refractivity contribution in [2.75, 3.05) is 7.05 Å². The van der Waals surface area contributed by atoms with Crippen molar-refractivity contribution in [1.29, 1.82) is 0 Å². The van der Waals surface area contributed by atoms with E-state index in [0.29, 0.717) is 0 Å². The van der Waals surface area contributed by atoms with Crippen LogP contribution >= 0.6 is 15.9 Å². The molecule has 0 spiro atoms. The van der Waals surface area contributed by atoms with Crippen LogP contribution in [0.1, 0.15) is 43.9 Å². The summed E-state index contributed by atoms with van der Waals surface area (Å²) in [5.41, 5.74) is 0.939. The van der Waals surface area contributed by atoms with Gasteiger partial charge in [-0.1, -0.05) is 31.1 Å². The minimum Gasteiger partial charge on any atom is -0.458 e. The van der Waals surface area contributed by atoms with Crippen LogP contribution in [0.3, 0.4) is 0 Å². The minimum absolute atomic E-state index is 0.290. The first-order chi connectivity index (χ1) is 9.76. The van der Waals surface area contributed by atoms with Gasteiger partial charge < -0.3 is 9.73 Å². The lowest BCUT2D eigenvalue weighted by Crippen LogP contribution is -2.15. The molecule has 1 N–H and O–H groups in total. The van der Waals surface area contributed by atoms with Crippen LogP contribution in [0.4, 0.5) is 0 Å². The van der Waals surface area contributed by atoms with E-state index in [2.05, 4.69) is 40.0 Å². The highest BCUT2D eigenvalue weighted by Gasteiger charge is 2.15. The summed E-state index contributed by atoms with van der Waals surface area (Å²) in [7, 11) is 2.00. The molecule has 0 aliphatic heterocycles. The third kappa shape index (κ3) is 3.74. The van der Waals surface area contributed by atoms with Crippen molar-refractivity contribution in [1.82, 2.24) is 5.32 Å². The van der Waals surface area contributed by atoms with Gasteiger partial charge in [-0.3, -0.25) is 0 Å². The fourth-order valence-electron chi connectivity index (χ4n) is 2.46. The lowest BCUT2D eigenvalue weighted by molar-refractivity contribution is 0.418. The summed E-state index contributed by atoms with van der Waals surface area (Å²) in [5, 5.41) is 4.51. The van der Waals surface area contributed by atoms with E-state index in [1.54, 1.807) is 0 Å². The van der Waals surface area contributed by atoms with Gasteiger partial charge in [0.25, 0.3) is 0 Å². The topological polar surface area (TPSA) is 25.2 Å². The molecule has 0 saturated carbocycles. The molecule has 1 aromatic heterocycles. The van der Waals surface area contributed by atoms with Crippen LogP contribution < -0.4 is 5.32 Å². The zero-order valence-electron chi connectivity index (χ0n) is 12.0. The Hall–Kier alpha value is -1.06. The van der Waals surface area contributed by atoms with Crippen LogP contribution in [0.2, 0.25) is 0 Å². The summed E-state index contributed by atoms with van der Waals surface area (Å²) >= 11 is 3.54. The Bertz CT molecular complexity index is 561. The van der Waals surface area contributed by atoms with E-state index in [1.165, 1.54) is 19.3 Å². The van der Waals surface area contributed by atoms with Crippen molar-refractivity contribution < 1.29 is 4.42 Å². The van der Waals surface area contributed by atoms with Crippen LogP contribution in [0.25, 0.3) is 11.0 Å². The highest BCUT2D eigenvalue weighted by molar-refractivity contribution is 9.10. The average Bonchev–Trinajstić information content (AvgIpc) is 2.88.